The highest BCUT2D eigenvalue weighted by molar-refractivity contribution is 5.92. The van der Waals surface area contributed by atoms with Crippen LogP contribution in [0.15, 0.2) is 40.8 Å². The average molecular weight is 353 g/mol. The number of furan rings is 1. The van der Waals surface area contributed by atoms with Crippen LogP contribution in [0.1, 0.15) is 30.3 Å². The van der Waals surface area contributed by atoms with Crippen LogP contribution < -0.4 is 10.6 Å². The lowest BCUT2D eigenvalue weighted by Gasteiger charge is -2.33. The van der Waals surface area contributed by atoms with E-state index >= 15 is 0 Å². The fourth-order valence-corrected chi connectivity index (χ4v) is 2.85. The standard InChI is InChI=1S/C18H21FN2O2.ClH/c1-18(8-10-20-11-9-18)12-21-17(22)16-7-6-15(23-16)13-4-2-3-5-14(13)19;/h2-7,20H,8-12H2,1H3,(H,21,22);1H. The molecule has 2 heterocycles. The fraction of sp³-hybridized carbons (Fsp3) is 0.389. The van der Waals surface area contributed by atoms with Gasteiger partial charge in [0, 0.05) is 6.54 Å². The van der Waals surface area contributed by atoms with Gasteiger partial charge in [-0.05, 0) is 55.6 Å². The summed E-state index contributed by atoms with van der Waals surface area (Å²) in [6.07, 6.45) is 2.07. The molecule has 0 atom stereocenters. The van der Waals surface area contributed by atoms with Gasteiger partial charge in [-0.25, -0.2) is 4.39 Å². The van der Waals surface area contributed by atoms with Gasteiger partial charge < -0.3 is 15.1 Å². The normalized spacial score (nSPS) is 16.2. The van der Waals surface area contributed by atoms with Gasteiger partial charge in [-0.3, -0.25) is 4.79 Å². The largest absolute Gasteiger partial charge is 0.451 e. The van der Waals surface area contributed by atoms with E-state index in [2.05, 4.69) is 17.6 Å². The minimum atomic E-state index is -0.365. The van der Waals surface area contributed by atoms with Crippen LogP contribution in [0.25, 0.3) is 11.3 Å². The molecule has 0 bridgehead atoms. The van der Waals surface area contributed by atoms with Gasteiger partial charge in [-0.2, -0.15) is 0 Å². The molecule has 4 nitrogen and oxygen atoms in total. The molecule has 1 amide bonds. The fourth-order valence-electron chi connectivity index (χ4n) is 2.85. The second-order valence-corrected chi connectivity index (χ2v) is 6.39. The molecule has 1 aliphatic rings. The van der Waals surface area contributed by atoms with Crippen molar-refractivity contribution in [3.8, 4) is 11.3 Å². The summed E-state index contributed by atoms with van der Waals surface area (Å²) < 4.78 is 19.3. The van der Waals surface area contributed by atoms with Gasteiger partial charge in [-0.1, -0.05) is 19.1 Å². The Kier molecular flexibility index (Phi) is 6.02. The summed E-state index contributed by atoms with van der Waals surface area (Å²) in [7, 11) is 0. The Labute approximate surface area is 147 Å². The van der Waals surface area contributed by atoms with Crippen molar-refractivity contribution in [2.45, 2.75) is 19.8 Å². The van der Waals surface area contributed by atoms with Gasteiger partial charge in [0.2, 0.25) is 0 Å². The van der Waals surface area contributed by atoms with E-state index in [-0.39, 0.29) is 35.3 Å². The van der Waals surface area contributed by atoms with Crippen molar-refractivity contribution in [1.29, 1.82) is 0 Å². The van der Waals surface area contributed by atoms with Crippen molar-refractivity contribution >= 4 is 18.3 Å². The predicted octanol–water partition coefficient (Wildman–Crippen LogP) is 3.63. The summed E-state index contributed by atoms with van der Waals surface area (Å²) in [4.78, 5) is 12.2. The van der Waals surface area contributed by atoms with Crippen LogP contribution in [0.4, 0.5) is 4.39 Å². The van der Waals surface area contributed by atoms with E-state index in [0.717, 1.165) is 25.9 Å². The number of carbonyl (C=O) groups excluding carboxylic acids is 1. The number of piperidine rings is 1. The lowest BCUT2D eigenvalue weighted by molar-refractivity contribution is 0.0895. The van der Waals surface area contributed by atoms with Gasteiger partial charge >= 0.3 is 0 Å². The van der Waals surface area contributed by atoms with Gasteiger partial charge in [-0.15, -0.1) is 12.4 Å². The Morgan fingerprint density at radius 1 is 1.25 bits per heavy atom. The topological polar surface area (TPSA) is 54.3 Å². The summed E-state index contributed by atoms with van der Waals surface area (Å²) in [5.41, 5.74) is 0.471. The number of halogens is 2. The molecular formula is C18H22ClFN2O2. The number of hydrogen-bond donors (Lipinski definition) is 2. The van der Waals surface area contributed by atoms with E-state index in [0.29, 0.717) is 17.9 Å². The molecule has 0 aliphatic carbocycles. The van der Waals surface area contributed by atoms with Crippen LogP contribution in [0.5, 0.6) is 0 Å². The van der Waals surface area contributed by atoms with Crippen LogP contribution in [0.2, 0.25) is 0 Å². The summed E-state index contributed by atoms with van der Waals surface area (Å²) in [6.45, 7) is 4.75. The highest BCUT2D eigenvalue weighted by Gasteiger charge is 2.27. The molecule has 0 unspecified atom stereocenters. The molecule has 1 aromatic carbocycles. The molecule has 1 saturated heterocycles. The Hall–Kier alpha value is -1.85. The highest BCUT2D eigenvalue weighted by Crippen LogP contribution is 2.27. The number of carbonyl (C=O) groups is 1. The molecule has 130 valence electrons. The molecule has 0 saturated carbocycles. The summed E-state index contributed by atoms with van der Waals surface area (Å²) in [6, 6.07) is 9.57. The second-order valence-electron chi connectivity index (χ2n) is 6.39. The molecule has 0 spiro atoms. The van der Waals surface area contributed by atoms with E-state index < -0.39 is 0 Å². The molecule has 2 N–H and O–H groups in total. The number of hydrogen-bond acceptors (Lipinski definition) is 3. The quantitative estimate of drug-likeness (QED) is 0.883. The molecule has 1 aromatic heterocycles. The van der Waals surface area contributed by atoms with Gasteiger partial charge in [0.1, 0.15) is 11.6 Å². The molecule has 0 radical (unpaired) electrons. The first-order chi connectivity index (χ1) is 11.1. The Morgan fingerprint density at radius 3 is 2.67 bits per heavy atom. The van der Waals surface area contributed by atoms with Crippen molar-refractivity contribution in [1.82, 2.24) is 10.6 Å². The Morgan fingerprint density at radius 2 is 1.96 bits per heavy atom. The summed E-state index contributed by atoms with van der Waals surface area (Å²) in [5.74, 6) is -0.0505. The zero-order valence-corrected chi connectivity index (χ0v) is 14.4. The highest BCUT2D eigenvalue weighted by atomic mass is 35.5. The molecule has 6 heteroatoms. The first kappa shape index (κ1) is 18.5. The van der Waals surface area contributed by atoms with Crippen LogP contribution in [-0.4, -0.2) is 25.5 Å². The van der Waals surface area contributed by atoms with Gasteiger partial charge in [0.15, 0.2) is 5.76 Å². The molecule has 1 aliphatic heterocycles. The first-order valence-electron chi connectivity index (χ1n) is 7.91. The van der Waals surface area contributed by atoms with Crippen LogP contribution in [0.3, 0.4) is 0 Å². The van der Waals surface area contributed by atoms with Crippen molar-refractivity contribution in [2.75, 3.05) is 19.6 Å². The lowest BCUT2D eigenvalue weighted by Crippen LogP contribution is -2.42. The molecule has 1 fully saturated rings. The zero-order valence-electron chi connectivity index (χ0n) is 13.6. The number of benzene rings is 1. The van der Waals surface area contributed by atoms with Crippen LogP contribution >= 0.6 is 12.4 Å². The predicted molar refractivity (Wildman–Crippen MR) is 93.9 cm³/mol. The summed E-state index contributed by atoms with van der Waals surface area (Å²) in [5, 5.41) is 6.25. The second kappa shape index (κ2) is 7.81. The number of nitrogens with one attached hydrogen (secondary N) is 2. The molecular weight excluding hydrogens is 331 g/mol. The SMILES string of the molecule is CC1(CNC(=O)c2ccc(-c3ccccc3F)o2)CCNCC1.Cl. The maximum atomic E-state index is 13.8. The zero-order chi connectivity index (χ0) is 16.3. The minimum absolute atomic E-state index is 0. The maximum Gasteiger partial charge on any atom is 0.287 e. The van der Waals surface area contributed by atoms with Crippen molar-refractivity contribution in [3.05, 3.63) is 48.0 Å². The monoisotopic (exact) mass is 352 g/mol. The van der Waals surface area contributed by atoms with E-state index in [1.54, 1.807) is 30.3 Å². The number of rotatable bonds is 4. The van der Waals surface area contributed by atoms with E-state index in [1.165, 1.54) is 6.07 Å². The smallest absolute Gasteiger partial charge is 0.287 e. The third-order valence-electron chi connectivity index (χ3n) is 4.46. The molecule has 24 heavy (non-hydrogen) atoms. The average Bonchev–Trinajstić information content (AvgIpc) is 3.04. The van der Waals surface area contributed by atoms with E-state index in [9.17, 15) is 9.18 Å². The van der Waals surface area contributed by atoms with Crippen molar-refractivity contribution in [2.24, 2.45) is 5.41 Å². The number of amides is 1. The van der Waals surface area contributed by atoms with Crippen molar-refractivity contribution < 1.29 is 13.6 Å². The van der Waals surface area contributed by atoms with Gasteiger partial charge in [0.05, 0.1) is 5.56 Å². The Bertz CT molecular complexity index is 696. The third-order valence-corrected chi connectivity index (χ3v) is 4.46. The maximum absolute atomic E-state index is 13.8. The van der Waals surface area contributed by atoms with E-state index in [4.69, 9.17) is 4.42 Å². The molecule has 2 aromatic rings. The third kappa shape index (κ3) is 4.16. The Balaban J connectivity index is 0.00000208. The summed E-state index contributed by atoms with van der Waals surface area (Å²) >= 11 is 0. The molecule has 3 rings (SSSR count). The first-order valence-corrected chi connectivity index (χ1v) is 7.91. The van der Waals surface area contributed by atoms with Crippen LogP contribution in [-0.2, 0) is 0 Å². The van der Waals surface area contributed by atoms with Crippen molar-refractivity contribution in [3.63, 3.8) is 0 Å². The lowest BCUT2D eigenvalue weighted by atomic mass is 9.81. The van der Waals surface area contributed by atoms with Crippen LogP contribution in [0, 0.1) is 11.2 Å². The van der Waals surface area contributed by atoms with Gasteiger partial charge in [0.25, 0.3) is 5.91 Å². The van der Waals surface area contributed by atoms with E-state index in [1.807, 2.05) is 0 Å². The minimum Gasteiger partial charge on any atom is -0.451 e.